The van der Waals surface area contributed by atoms with Crippen molar-refractivity contribution in [3.05, 3.63) is 90.2 Å². The lowest BCUT2D eigenvalue weighted by molar-refractivity contribution is -0.119. The third-order valence-corrected chi connectivity index (χ3v) is 4.81. The SMILES string of the molecule is COC(=O)c1cccc(-c2ccc(/C=N\NC(=O)CNc3cccc4ccccc34)o2)c1. The van der Waals surface area contributed by atoms with Crippen LogP contribution in [0.1, 0.15) is 16.1 Å². The van der Waals surface area contributed by atoms with Crippen LogP contribution in [0.15, 0.2) is 88.4 Å². The van der Waals surface area contributed by atoms with Crippen LogP contribution in [0.3, 0.4) is 0 Å². The van der Waals surface area contributed by atoms with Gasteiger partial charge in [0.1, 0.15) is 11.5 Å². The molecule has 7 nitrogen and oxygen atoms in total. The number of esters is 1. The number of furan rings is 1. The summed E-state index contributed by atoms with van der Waals surface area (Å²) in [6.07, 6.45) is 1.42. The van der Waals surface area contributed by atoms with Gasteiger partial charge in [-0.3, -0.25) is 4.79 Å². The number of hydrazone groups is 1. The summed E-state index contributed by atoms with van der Waals surface area (Å²) in [6.45, 7) is 0.0784. The van der Waals surface area contributed by atoms with Gasteiger partial charge in [0, 0.05) is 16.6 Å². The van der Waals surface area contributed by atoms with Gasteiger partial charge in [0.05, 0.1) is 25.4 Å². The molecule has 4 rings (SSSR count). The molecule has 4 aromatic rings. The van der Waals surface area contributed by atoms with E-state index in [0.29, 0.717) is 17.1 Å². The molecule has 0 saturated heterocycles. The van der Waals surface area contributed by atoms with E-state index < -0.39 is 5.97 Å². The maximum absolute atomic E-state index is 12.1. The number of hydrogen-bond acceptors (Lipinski definition) is 6. The Labute approximate surface area is 184 Å². The van der Waals surface area contributed by atoms with E-state index in [1.807, 2.05) is 48.5 Å². The first kappa shape index (κ1) is 20.9. The quantitative estimate of drug-likeness (QED) is 0.258. The van der Waals surface area contributed by atoms with Crippen LogP contribution in [0.4, 0.5) is 5.69 Å². The monoisotopic (exact) mass is 427 g/mol. The lowest BCUT2D eigenvalue weighted by Crippen LogP contribution is -2.25. The molecule has 32 heavy (non-hydrogen) atoms. The molecule has 0 spiro atoms. The van der Waals surface area contributed by atoms with Gasteiger partial charge in [-0.2, -0.15) is 5.10 Å². The predicted octanol–water partition coefficient (Wildman–Crippen LogP) is 4.45. The number of anilines is 1. The van der Waals surface area contributed by atoms with E-state index in [2.05, 4.69) is 15.8 Å². The van der Waals surface area contributed by atoms with Gasteiger partial charge < -0.3 is 14.5 Å². The zero-order valence-corrected chi connectivity index (χ0v) is 17.4. The molecular weight excluding hydrogens is 406 g/mol. The Bertz CT molecular complexity index is 1290. The molecule has 3 aromatic carbocycles. The lowest BCUT2D eigenvalue weighted by atomic mass is 10.1. The second kappa shape index (κ2) is 9.61. The normalized spacial score (nSPS) is 10.9. The molecule has 2 N–H and O–H groups in total. The van der Waals surface area contributed by atoms with Gasteiger partial charge in [-0.1, -0.05) is 48.5 Å². The fraction of sp³-hybridized carbons (Fsp3) is 0.0800. The van der Waals surface area contributed by atoms with Crippen LogP contribution in [0.2, 0.25) is 0 Å². The molecule has 160 valence electrons. The molecule has 0 unspecified atom stereocenters. The van der Waals surface area contributed by atoms with Crippen molar-refractivity contribution >= 4 is 34.6 Å². The molecule has 1 heterocycles. The highest BCUT2D eigenvalue weighted by Gasteiger charge is 2.09. The van der Waals surface area contributed by atoms with Gasteiger partial charge in [0.15, 0.2) is 0 Å². The van der Waals surface area contributed by atoms with Crippen LogP contribution in [0.5, 0.6) is 0 Å². The van der Waals surface area contributed by atoms with Crippen molar-refractivity contribution in [2.45, 2.75) is 0 Å². The predicted molar refractivity (Wildman–Crippen MR) is 124 cm³/mol. The first-order valence-electron chi connectivity index (χ1n) is 9.96. The Balaban J connectivity index is 1.34. The minimum atomic E-state index is -0.417. The number of methoxy groups -OCH3 is 1. The second-order valence-electron chi connectivity index (χ2n) is 6.95. The standard InChI is InChI=1S/C25H21N3O4/c1-31-25(30)19-9-4-8-18(14-19)23-13-12-20(32-23)15-27-28-24(29)16-26-22-11-5-7-17-6-2-3-10-21(17)22/h2-15,26H,16H2,1H3,(H,28,29)/b27-15-. The Morgan fingerprint density at radius 1 is 1.00 bits per heavy atom. The number of ether oxygens (including phenoxy) is 1. The Hall–Kier alpha value is -4.39. The zero-order valence-electron chi connectivity index (χ0n) is 17.4. The average Bonchev–Trinajstić information content (AvgIpc) is 3.31. The largest absolute Gasteiger partial charge is 0.465 e. The van der Waals surface area contributed by atoms with Gasteiger partial charge in [-0.25, -0.2) is 10.2 Å². The number of nitrogens with zero attached hydrogens (tertiary/aromatic N) is 1. The Kier molecular flexibility index (Phi) is 6.27. The zero-order chi connectivity index (χ0) is 22.3. The van der Waals surface area contributed by atoms with Crippen LogP contribution in [-0.2, 0) is 9.53 Å². The summed E-state index contributed by atoms with van der Waals surface area (Å²) in [5.41, 5.74) is 4.52. The van der Waals surface area contributed by atoms with Gasteiger partial charge in [0.2, 0.25) is 0 Å². The van der Waals surface area contributed by atoms with Crippen molar-refractivity contribution < 1.29 is 18.7 Å². The van der Waals surface area contributed by atoms with Crippen molar-refractivity contribution in [3.8, 4) is 11.3 Å². The highest BCUT2D eigenvalue weighted by Crippen LogP contribution is 2.23. The molecular formula is C25H21N3O4. The van der Waals surface area contributed by atoms with Crippen LogP contribution in [0, 0.1) is 0 Å². The van der Waals surface area contributed by atoms with Gasteiger partial charge in [-0.15, -0.1) is 0 Å². The molecule has 0 saturated carbocycles. The number of amides is 1. The molecule has 0 bridgehead atoms. The van der Waals surface area contributed by atoms with Crippen LogP contribution in [-0.4, -0.2) is 31.7 Å². The van der Waals surface area contributed by atoms with Crippen molar-refractivity contribution in [2.75, 3.05) is 19.0 Å². The highest BCUT2D eigenvalue weighted by molar-refractivity contribution is 5.95. The van der Waals surface area contributed by atoms with E-state index in [9.17, 15) is 9.59 Å². The number of carbonyl (C=O) groups is 2. The summed E-state index contributed by atoms with van der Waals surface area (Å²) in [4.78, 5) is 23.8. The molecule has 0 aliphatic rings. The van der Waals surface area contributed by atoms with Gasteiger partial charge >= 0.3 is 5.97 Å². The van der Waals surface area contributed by atoms with E-state index in [-0.39, 0.29) is 12.5 Å². The first-order valence-corrected chi connectivity index (χ1v) is 9.96. The molecule has 0 aliphatic carbocycles. The molecule has 0 radical (unpaired) electrons. The molecule has 7 heteroatoms. The lowest BCUT2D eigenvalue weighted by Gasteiger charge is -2.08. The number of benzene rings is 3. The van der Waals surface area contributed by atoms with E-state index >= 15 is 0 Å². The number of hydrogen-bond donors (Lipinski definition) is 2. The molecule has 0 atom stereocenters. The number of nitrogens with one attached hydrogen (secondary N) is 2. The highest BCUT2D eigenvalue weighted by atomic mass is 16.5. The van der Waals surface area contributed by atoms with Crippen molar-refractivity contribution in [3.63, 3.8) is 0 Å². The fourth-order valence-corrected chi connectivity index (χ4v) is 3.26. The van der Waals surface area contributed by atoms with Crippen molar-refractivity contribution in [1.82, 2.24) is 5.43 Å². The Morgan fingerprint density at radius 3 is 2.69 bits per heavy atom. The second-order valence-corrected chi connectivity index (χ2v) is 6.95. The molecule has 1 aromatic heterocycles. The first-order chi connectivity index (χ1) is 15.6. The maximum atomic E-state index is 12.1. The molecule has 1 amide bonds. The summed E-state index contributed by atoms with van der Waals surface area (Å²) < 4.78 is 10.5. The van der Waals surface area contributed by atoms with Crippen LogP contribution >= 0.6 is 0 Å². The minimum absolute atomic E-state index is 0.0784. The summed E-state index contributed by atoms with van der Waals surface area (Å²) in [6, 6.07) is 24.3. The summed E-state index contributed by atoms with van der Waals surface area (Å²) >= 11 is 0. The number of rotatable bonds is 7. The van der Waals surface area contributed by atoms with Crippen LogP contribution in [0.25, 0.3) is 22.1 Å². The molecule has 0 aliphatic heterocycles. The van der Waals surface area contributed by atoms with E-state index in [4.69, 9.17) is 9.15 Å². The average molecular weight is 427 g/mol. The topological polar surface area (TPSA) is 92.9 Å². The molecule has 0 fully saturated rings. The van der Waals surface area contributed by atoms with Crippen molar-refractivity contribution in [1.29, 1.82) is 0 Å². The van der Waals surface area contributed by atoms with E-state index in [1.54, 1.807) is 30.3 Å². The summed E-state index contributed by atoms with van der Waals surface area (Å²) in [5.74, 6) is 0.332. The summed E-state index contributed by atoms with van der Waals surface area (Å²) in [5, 5.41) is 9.23. The third kappa shape index (κ3) is 4.84. The Morgan fingerprint density at radius 2 is 1.81 bits per heavy atom. The number of carbonyl (C=O) groups excluding carboxylic acids is 2. The van der Waals surface area contributed by atoms with Gasteiger partial charge in [-0.05, 0) is 35.7 Å². The smallest absolute Gasteiger partial charge is 0.337 e. The van der Waals surface area contributed by atoms with E-state index in [0.717, 1.165) is 22.0 Å². The number of fused-ring (bicyclic) bond motifs is 1. The maximum Gasteiger partial charge on any atom is 0.337 e. The third-order valence-electron chi connectivity index (χ3n) is 4.81. The minimum Gasteiger partial charge on any atom is -0.465 e. The van der Waals surface area contributed by atoms with E-state index in [1.165, 1.54) is 13.3 Å². The summed E-state index contributed by atoms with van der Waals surface area (Å²) in [7, 11) is 1.34. The van der Waals surface area contributed by atoms with Crippen molar-refractivity contribution in [2.24, 2.45) is 5.10 Å². The van der Waals surface area contributed by atoms with Gasteiger partial charge in [0.25, 0.3) is 5.91 Å². The fourth-order valence-electron chi connectivity index (χ4n) is 3.26. The van der Waals surface area contributed by atoms with Crippen LogP contribution < -0.4 is 10.7 Å².